The Bertz CT molecular complexity index is 8200. The van der Waals surface area contributed by atoms with Gasteiger partial charge >= 0.3 is 0 Å². The topological polar surface area (TPSA) is 22.9 Å². The van der Waals surface area contributed by atoms with Crippen LogP contribution in [-0.2, 0) is 5.41 Å². The first kappa shape index (κ1) is 86.4. The highest BCUT2D eigenvalue weighted by Gasteiger charge is 2.36. The van der Waals surface area contributed by atoms with Crippen molar-refractivity contribution in [3.63, 3.8) is 0 Å². The van der Waals surface area contributed by atoms with E-state index in [1.165, 1.54) is 134 Å². The highest BCUT2D eigenvalue weighted by molar-refractivity contribution is 6.06. The summed E-state index contributed by atoms with van der Waals surface area (Å²) < 4.78 is 6.24. The SMILES string of the molecule is CC1(C)c2ccccc2-c2ccc(-c3cccc(N(c4cccc(-c5ccccc5)c4)c4ccccc4-c4ccccc4)c3)cc21.c1ccc(-c2cccc(-c3cccc(-c4ccccc4N(c4cccc(-c5ccccc5)c4)c4cccc(-c5ccccc5)c4)c3)c2)cc1.c1ccc(-c2cccc(N(c3cccc(-c4ccc5c(c4)oc4ccccc45)c3)c3ccccc3-c3ccccc3)c2)cc1. The van der Waals surface area contributed by atoms with Crippen molar-refractivity contribution in [3.05, 3.63) is 575 Å². The predicted molar refractivity (Wildman–Crippen MR) is 588 cm³/mol. The zero-order valence-electron chi connectivity index (χ0n) is 77.4. The van der Waals surface area contributed by atoms with E-state index in [9.17, 15) is 0 Å². The number of fused-ring (bicyclic) bond motifs is 6. The molecular weight excluding hydrogens is 1680 g/mol. The number of rotatable bonds is 20. The molecule has 0 bridgehead atoms. The molecule has 139 heavy (non-hydrogen) atoms. The average Bonchev–Trinajstić information content (AvgIpc) is 1.57. The monoisotopic (exact) mass is 1780 g/mol. The lowest BCUT2D eigenvalue weighted by molar-refractivity contribution is 0.660. The molecular formula is C135H99N3O. The molecule has 0 radical (unpaired) electrons. The van der Waals surface area contributed by atoms with Crippen LogP contribution in [0.1, 0.15) is 25.0 Å². The van der Waals surface area contributed by atoms with Crippen LogP contribution in [0.15, 0.2) is 569 Å². The molecule has 4 heteroatoms. The van der Waals surface area contributed by atoms with Crippen LogP contribution in [0, 0.1) is 0 Å². The molecule has 1 aromatic heterocycles. The highest BCUT2D eigenvalue weighted by Crippen LogP contribution is 2.52. The number of furan rings is 1. The number of nitrogens with zero attached hydrogens (tertiary/aromatic N) is 3. The summed E-state index contributed by atoms with van der Waals surface area (Å²) in [5.74, 6) is 0. The molecule has 0 N–H and O–H groups in total. The number of para-hydroxylation sites is 4. The van der Waals surface area contributed by atoms with Gasteiger partial charge < -0.3 is 19.1 Å². The number of hydrogen-bond donors (Lipinski definition) is 0. The van der Waals surface area contributed by atoms with Gasteiger partial charge in [0.25, 0.3) is 0 Å². The summed E-state index contributed by atoms with van der Waals surface area (Å²) >= 11 is 0. The van der Waals surface area contributed by atoms with Gasteiger partial charge in [-0.2, -0.15) is 0 Å². The third-order valence-electron chi connectivity index (χ3n) is 26.8. The van der Waals surface area contributed by atoms with Crippen LogP contribution < -0.4 is 14.7 Å². The number of benzene rings is 22. The molecule has 4 nitrogen and oxygen atoms in total. The fourth-order valence-electron chi connectivity index (χ4n) is 19.9. The first-order valence-corrected chi connectivity index (χ1v) is 47.7. The van der Waals surface area contributed by atoms with Gasteiger partial charge in [0.05, 0.1) is 17.1 Å². The van der Waals surface area contributed by atoms with E-state index in [1.807, 2.05) is 12.1 Å². The Morgan fingerprint density at radius 3 is 0.763 bits per heavy atom. The minimum atomic E-state index is -0.0436. The molecule has 0 spiro atoms. The van der Waals surface area contributed by atoms with Crippen LogP contribution in [-0.4, -0.2) is 0 Å². The van der Waals surface area contributed by atoms with Crippen LogP contribution in [0.3, 0.4) is 0 Å². The van der Waals surface area contributed by atoms with Gasteiger partial charge in [0.15, 0.2) is 0 Å². The van der Waals surface area contributed by atoms with Crippen molar-refractivity contribution in [1.29, 1.82) is 0 Å². The average molecular weight is 1780 g/mol. The van der Waals surface area contributed by atoms with Crippen LogP contribution >= 0.6 is 0 Å². The van der Waals surface area contributed by atoms with Crippen molar-refractivity contribution in [3.8, 4) is 134 Å². The maximum absolute atomic E-state index is 6.24. The van der Waals surface area contributed by atoms with Gasteiger partial charge in [-0.15, -0.1) is 0 Å². The Labute approximate surface area is 814 Å². The zero-order valence-corrected chi connectivity index (χ0v) is 77.4. The summed E-state index contributed by atoms with van der Waals surface area (Å²) in [6.07, 6.45) is 0. The minimum absolute atomic E-state index is 0.0436. The van der Waals surface area contributed by atoms with Crippen molar-refractivity contribution in [1.82, 2.24) is 0 Å². The Kier molecular flexibility index (Phi) is 24.4. The van der Waals surface area contributed by atoms with Gasteiger partial charge in [-0.05, 0) is 255 Å². The lowest BCUT2D eigenvalue weighted by Gasteiger charge is -2.29. The third kappa shape index (κ3) is 18.2. The van der Waals surface area contributed by atoms with Crippen LogP contribution in [0.25, 0.3) is 155 Å². The normalized spacial score (nSPS) is 11.6. The third-order valence-corrected chi connectivity index (χ3v) is 26.8. The molecule has 660 valence electrons. The standard InChI is InChI=1S/C48H35N.C45H35N.C42H29NO/c1-4-16-36(17-5-1)39-22-12-23-40(32-39)41-24-13-27-44(33-41)47-30-10-11-31-48(47)49(45-28-14-25-42(34-45)37-18-6-2-7-19-37)46-29-15-26-43(35-46)38-20-8-3-9-21-38;1-45(2)42-25-11-9-24-40(42)41-28-27-36(31-43(41)45)35-20-14-22-38(30-35)46(37-21-13-19-34(29-37)32-15-5-3-6-16-32)44-26-12-10-23-39(44)33-17-7-4-8-18-33;1-3-13-30(14-4-1)32-17-11-19-35(27-32)43(40-23-9-7-21-37(40)31-15-5-2-6-16-31)36-20-12-18-33(28-36)34-25-26-39-38-22-8-10-24-41(38)44-42(39)29-34/h1-35H;3-31H,1-2H3;1-29H. The molecule has 0 saturated heterocycles. The van der Waals surface area contributed by atoms with Crippen molar-refractivity contribution in [2.75, 3.05) is 14.7 Å². The fraction of sp³-hybridized carbons (Fsp3) is 0.0222. The smallest absolute Gasteiger partial charge is 0.136 e. The van der Waals surface area contributed by atoms with E-state index in [4.69, 9.17) is 4.42 Å². The number of anilines is 9. The summed E-state index contributed by atoms with van der Waals surface area (Å²) in [6.45, 7) is 4.69. The van der Waals surface area contributed by atoms with E-state index >= 15 is 0 Å². The summed E-state index contributed by atoms with van der Waals surface area (Å²) in [5.41, 5.74) is 43.3. The van der Waals surface area contributed by atoms with Gasteiger partial charge in [-0.25, -0.2) is 0 Å². The lowest BCUT2D eigenvalue weighted by atomic mass is 9.81. The van der Waals surface area contributed by atoms with Crippen molar-refractivity contribution in [2.45, 2.75) is 19.3 Å². The van der Waals surface area contributed by atoms with Crippen LogP contribution in [0.2, 0.25) is 0 Å². The first-order chi connectivity index (χ1) is 68.7. The van der Waals surface area contributed by atoms with E-state index in [1.54, 1.807) is 0 Å². The fourth-order valence-corrected chi connectivity index (χ4v) is 19.9. The molecule has 0 atom stereocenters. The second kappa shape index (κ2) is 39.3. The molecule has 23 aromatic rings. The maximum Gasteiger partial charge on any atom is 0.136 e. The predicted octanol–water partition coefficient (Wildman–Crippen LogP) is 38.0. The van der Waals surface area contributed by atoms with E-state index < -0.39 is 0 Å². The van der Waals surface area contributed by atoms with Gasteiger partial charge in [0.1, 0.15) is 11.2 Å². The molecule has 0 fully saturated rings. The van der Waals surface area contributed by atoms with Crippen molar-refractivity contribution >= 4 is 73.1 Å². The summed E-state index contributed by atoms with van der Waals surface area (Å²) in [6, 6.07) is 202. The van der Waals surface area contributed by atoms with E-state index in [0.717, 1.165) is 84.3 Å². The molecule has 0 aliphatic heterocycles. The summed E-state index contributed by atoms with van der Waals surface area (Å²) in [4.78, 5) is 7.18. The van der Waals surface area contributed by atoms with E-state index in [2.05, 4.69) is 581 Å². The molecule has 24 rings (SSSR count). The summed E-state index contributed by atoms with van der Waals surface area (Å²) in [7, 11) is 0. The van der Waals surface area contributed by atoms with Gasteiger partial charge in [0, 0.05) is 67.0 Å². The number of hydrogen-bond acceptors (Lipinski definition) is 4. The Morgan fingerprint density at radius 1 is 0.144 bits per heavy atom. The molecule has 1 aliphatic carbocycles. The van der Waals surface area contributed by atoms with Gasteiger partial charge in [-0.1, -0.05) is 451 Å². The quantitative estimate of drug-likeness (QED) is 0.0759. The molecule has 0 unspecified atom stereocenters. The highest BCUT2D eigenvalue weighted by atomic mass is 16.3. The van der Waals surface area contributed by atoms with E-state index in [-0.39, 0.29) is 5.41 Å². The first-order valence-electron chi connectivity index (χ1n) is 47.7. The summed E-state index contributed by atoms with van der Waals surface area (Å²) in [5, 5.41) is 2.28. The molecule has 1 heterocycles. The Morgan fingerprint density at radius 2 is 0.381 bits per heavy atom. The van der Waals surface area contributed by atoms with Crippen molar-refractivity contribution in [2.24, 2.45) is 0 Å². The Balaban J connectivity index is 0.000000120. The molecule has 0 amide bonds. The second-order valence-electron chi connectivity index (χ2n) is 35.8. The van der Waals surface area contributed by atoms with Crippen LogP contribution in [0.4, 0.5) is 51.2 Å². The van der Waals surface area contributed by atoms with Crippen molar-refractivity contribution < 1.29 is 4.42 Å². The molecule has 22 aromatic carbocycles. The Hall–Kier alpha value is -18.0. The lowest BCUT2D eigenvalue weighted by Crippen LogP contribution is -2.14. The van der Waals surface area contributed by atoms with E-state index in [0.29, 0.717) is 0 Å². The largest absolute Gasteiger partial charge is 0.456 e. The van der Waals surface area contributed by atoms with Gasteiger partial charge in [-0.3, -0.25) is 0 Å². The molecule has 1 aliphatic rings. The zero-order chi connectivity index (χ0) is 93.2. The molecule has 0 saturated carbocycles. The van der Waals surface area contributed by atoms with Crippen LogP contribution in [0.5, 0.6) is 0 Å². The maximum atomic E-state index is 6.24. The second-order valence-corrected chi connectivity index (χ2v) is 35.8. The minimum Gasteiger partial charge on any atom is -0.456 e. The van der Waals surface area contributed by atoms with Gasteiger partial charge in [0.2, 0.25) is 0 Å².